The number of hydrogen-bond donors (Lipinski definition) is 1. The summed E-state index contributed by atoms with van der Waals surface area (Å²) in [4.78, 5) is 23.9. The Bertz CT molecular complexity index is 887. The lowest BCUT2D eigenvalue weighted by Gasteiger charge is -2.06. The Labute approximate surface area is 118 Å². The number of anilines is 1. The van der Waals surface area contributed by atoms with Gasteiger partial charge in [-0.3, -0.25) is 14.3 Å². The van der Waals surface area contributed by atoms with Crippen molar-refractivity contribution in [2.24, 2.45) is 7.05 Å². The van der Waals surface area contributed by atoms with Gasteiger partial charge in [0.2, 0.25) is 5.91 Å². The molecule has 6 nitrogen and oxygen atoms in total. The van der Waals surface area contributed by atoms with Gasteiger partial charge in [-0.15, -0.1) is 11.3 Å². The minimum atomic E-state index is -0.237. The number of fused-ring (bicyclic) bond motifs is 3. The molecule has 1 amide bonds. The fraction of sp³-hybridized carbons (Fsp3) is 0.308. The molecule has 3 heterocycles. The summed E-state index contributed by atoms with van der Waals surface area (Å²) in [5.74, 6) is 0.0937. The first kappa shape index (κ1) is 12.9. The van der Waals surface area contributed by atoms with Gasteiger partial charge >= 0.3 is 0 Å². The second-order valence-electron chi connectivity index (χ2n) is 4.56. The van der Waals surface area contributed by atoms with Crippen LogP contribution in [0.2, 0.25) is 0 Å². The number of pyridine rings is 1. The third-order valence-corrected chi connectivity index (χ3v) is 4.18. The van der Waals surface area contributed by atoms with Gasteiger partial charge in [-0.05, 0) is 18.4 Å². The van der Waals surface area contributed by atoms with Crippen molar-refractivity contribution in [3.63, 3.8) is 0 Å². The maximum atomic E-state index is 12.7. The molecule has 1 N–H and O–H groups in total. The first-order chi connectivity index (χ1) is 9.54. The molecule has 0 unspecified atom stereocenters. The molecule has 0 radical (unpaired) electrons. The van der Waals surface area contributed by atoms with Gasteiger partial charge in [-0.1, -0.05) is 0 Å². The molecule has 3 aromatic heterocycles. The van der Waals surface area contributed by atoms with Crippen molar-refractivity contribution >= 4 is 44.2 Å². The predicted molar refractivity (Wildman–Crippen MR) is 80.3 cm³/mol. The molecule has 0 fully saturated rings. The Kier molecular flexibility index (Phi) is 2.86. The fourth-order valence-electron chi connectivity index (χ4n) is 2.49. The number of aryl methyl sites for hydroxylation is 2. The zero-order chi connectivity index (χ0) is 14.4. The summed E-state index contributed by atoms with van der Waals surface area (Å²) in [5.41, 5.74) is 1.56. The van der Waals surface area contributed by atoms with Gasteiger partial charge in [0.25, 0.3) is 5.56 Å². The van der Waals surface area contributed by atoms with Crippen LogP contribution in [0.25, 0.3) is 21.1 Å². The molecule has 3 rings (SSSR count). The van der Waals surface area contributed by atoms with E-state index in [2.05, 4.69) is 10.4 Å². The van der Waals surface area contributed by atoms with E-state index in [0.717, 1.165) is 15.7 Å². The van der Waals surface area contributed by atoms with Gasteiger partial charge < -0.3 is 9.88 Å². The van der Waals surface area contributed by atoms with Crippen LogP contribution in [-0.4, -0.2) is 20.3 Å². The summed E-state index contributed by atoms with van der Waals surface area (Å²) < 4.78 is 4.37. The number of nitrogens with zero attached hydrogens (tertiary/aromatic N) is 3. The van der Waals surface area contributed by atoms with Gasteiger partial charge in [-0.2, -0.15) is 5.10 Å². The van der Waals surface area contributed by atoms with E-state index >= 15 is 0 Å². The molecule has 0 aliphatic carbocycles. The third kappa shape index (κ3) is 1.66. The van der Waals surface area contributed by atoms with Gasteiger partial charge in [0.05, 0.1) is 15.7 Å². The summed E-state index contributed by atoms with van der Waals surface area (Å²) in [7, 11) is 1.78. The molecule has 104 valence electrons. The molecule has 0 saturated carbocycles. The van der Waals surface area contributed by atoms with Crippen LogP contribution in [0.5, 0.6) is 0 Å². The summed E-state index contributed by atoms with van der Waals surface area (Å²) in [6.45, 7) is 3.91. The first-order valence-corrected chi connectivity index (χ1v) is 7.16. The number of thiophene rings is 1. The smallest absolute Gasteiger partial charge is 0.264 e. The maximum Gasteiger partial charge on any atom is 0.264 e. The monoisotopic (exact) mass is 290 g/mol. The molecule has 0 aromatic carbocycles. The van der Waals surface area contributed by atoms with Crippen LogP contribution in [0.3, 0.4) is 0 Å². The molecule has 0 spiro atoms. The number of nitrogens with one attached hydrogen (secondary N) is 1. The van der Waals surface area contributed by atoms with Crippen molar-refractivity contribution in [1.82, 2.24) is 14.3 Å². The zero-order valence-corrected chi connectivity index (χ0v) is 12.2. The Morgan fingerprint density at radius 1 is 1.50 bits per heavy atom. The molecule has 0 atom stereocenters. The van der Waals surface area contributed by atoms with E-state index in [0.29, 0.717) is 17.7 Å². The van der Waals surface area contributed by atoms with Gasteiger partial charge in [0.15, 0.2) is 5.82 Å². The third-order valence-electron chi connectivity index (χ3n) is 3.27. The lowest BCUT2D eigenvalue weighted by Crippen LogP contribution is -2.20. The SMILES string of the molecule is CCn1c(=O)c2c(NC(C)=O)nn(C)c2c2sccc21. The number of rotatable bonds is 2. The van der Waals surface area contributed by atoms with Crippen molar-refractivity contribution in [3.05, 3.63) is 21.8 Å². The Morgan fingerprint density at radius 2 is 2.25 bits per heavy atom. The van der Waals surface area contributed by atoms with Crippen molar-refractivity contribution < 1.29 is 4.79 Å². The normalized spacial score (nSPS) is 11.3. The molecule has 7 heteroatoms. The maximum absolute atomic E-state index is 12.7. The van der Waals surface area contributed by atoms with Crippen molar-refractivity contribution in [3.8, 4) is 0 Å². The number of hydrogen-bond acceptors (Lipinski definition) is 4. The van der Waals surface area contributed by atoms with Crippen LogP contribution in [0.4, 0.5) is 5.82 Å². The van der Waals surface area contributed by atoms with Crippen LogP contribution >= 0.6 is 11.3 Å². The van der Waals surface area contributed by atoms with Crippen LogP contribution in [0.1, 0.15) is 13.8 Å². The molecule has 0 saturated heterocycles. The van der Waals surface area contributed by atoms with Crippen LogP contribution in [0, 0.1) is 0 Å². The lowest BCUT2D eigenvalue weighted by molar-refractivity contribution is -0.114. The average Bonchev–Trinajstić information content (AvgIpc) is 2.94. The first-order valence-electron chi connectivity index (χ1n) is 6.29. The zero-order valence-electron chi connectivity index (χ0n) is 11.4. The predicted octanol–water partition coefficient (Wildman–Crippen LogP) is 1.93. The number of amides is 1. The number of carbonyl (C=O) groups is 1. The molecular weight excluding hydrogens is 276 g/mol. The molecule has 0 aliphatic heterocycles. The molecule has 20 heavy (non-hydrogen) atoms. The van der Waals surface area contributed by atoms with Gasteiger partial charge in [-0.25, -0.2) is 0 Å². The van der Waals surface area contributed by atoms with Crippen LogP contribution in [0.15, 0.2) is 16.2 Å². The highest BCUT2D eigenvalue weighted by atomic mass is 32.1. The highest BCUT2D eigenvalue weighted by molar-refractivity contribution is 7.18. The van der Waals surface area contributed by atoms with Crippen LogP contribution in [-0.2, 0) is 18.4 Å². The van der Waals surface area contributed by atoms with E-state index in [9.17, 15) is 9.59 Å². The standard InChI is InChI=1S/C13H14N4O2S/c1-4-17-8-5-6-20-11(8)10-9(13(17)19)12(14-7(2)18)15-16(10)3/h5-6H,4H2,1-3H3,(H,14,15,18). The minimum absolute atomic E-state index is 0.120. The molecule has 0 bridgehead atoms. The quantitative estimate of drug-likeness (QED) is 0.784. The second kappa shape index (κ2) is 4.45. The van der Waals surface area contributed by atoms with E-state index in [1.54, 1.807) is 27.6 Å². The van der Waals surface area contributed by atoms with Crippen molar-refractivity contribution in [2.45, 2.75) is 20.4 Å². The van der Waals surface area contributed by atoms with E-state index < -0.39 is 0 Å². The Hall–Kier alpha value is -2.15. The largest absolute Gasteiger partial charge is 0.309 e. The van der Waals surface area contributed by atoms with Crippen molar-refractivity contribution in [1.29, 1.82) is 0 Å². The van der Waals surface area contributed by atoms with Gasteiger partial charge in [0.1, 0.15) is 5.39 Å². The number of aromatic nitrogens is 3. The highest BCUT2D eigenvalue weighted by Crippen LogP contribution is 2.30. The summed E-state index contributed by atoms with van der Waals surface area (Å²) in [6, 6.07) is 1.94. The van der Waals surface area contributed by atoms with E-state index in [-0.39, 0.29) is 11.5 Å². The summed E-state index contributed by atoms with van der Waals surface area (Å²) in [6.07, 6.45) is 0. The summed E-state index contributed by atoms with van der Waals surface area (Å²) >= 11 is 1.57. The average molecular weight is 290 g/mol. The van der Waals surface area contributed by atoms with Gasteiger partial charge in [0, 0.05) is 20.5 Å². The highest BCUT2D eigenvalue weighted by Gasteiger charge is 2.19. The lowest BCUT2D eigenvalue weighted by atomic mass is 10.2. The van der Waals surface area contributed by atoms with E-state index in [1.807, 2.05) is 18.4 Å². The van der Waals surface area contributed by atoms with E-state index in [1.165, 1.54) is 6.92 Å². The van der Waals surface area contributed by atoms with E-state index in [4.69, 9.17) is 0 Å². The topological polar surface area (TPSA) is 68.9 Å². The molecule has 0 aliphatic rings. The number of carbonyl (C=O) groups excluding carboxylic acids is 1. The summed E-state index contributed by atoms with van der Waals surface area (Å²) in [5, 5.41) is 9.34. The second-order valence-corrected chi connectivity index (χ2v) is 5.48. The fourth-order valence-corrected chi connectivity index (χ4v) is 3.47. The van der Waals surface area contributed by atoms with Crippen molar-refractivity contribution in [2.75, 3.05) is 5.32 Å². The molecule has 3 aromatic rings. The molecular formula is C13H14N4O2S. The van der Waals surface area contributed by atoms with Crippen LogP contribution < -0.4 is 10.9 Å². The Balaban J connectivity index is 2.53. The Morgan fingerprint density at radius 3 is 2.90 bits per heavy atom. The minimum Gasteiger partial charge on any atom is -0.309 e.